The Balaban J connectivity index is -0.000000353. The van der Waals surface area contributed by atoms with Crippen molar-refractivity contribution in [3.05, 3.63) is 66.1 Å². The predicted octanol–water partition coefficient (Wildman–Crippen LogP) is 8.59. The topological polar surface area (TPSA) is 20.2 Å². The Kier molecular flexibility index (Phi) is 17.8. The van der Waals surface area contributed by atoms with Crippen LogP contribution in [0.25, 0.3) is 0 Å². The average Bonchev–Trinajstić information content (AvgIpc) is 2.83. The minimum atomic E-state index is -0.500. The van der Waals surface area contributed by atoms with Crippen LogP contribution in [0.5, 0.6) is 0 Å². The second kappa shape index (κ2) is 15.1. The molecule has 2 rings (SSSR count). The zero-order chi connectivity index (χ0) is 24.8. The molecule has 0 heterocycles. The molecule has 2 saturated carbocycles. The average molecular weight is 654 g/mol. The molecule has 0 bridgehead atoms. The summed E-state index contributed by atoms with van der Waals surface area (Å²) in [6.07, 6.45) is 0. The first-order valence-corrected chi connectivity index (χ1v) is 11.1. The van der Waals surface area contributed by atoms with E-state index in [2.05, 4.69) is 96.9 Å². The summed E-state index contributed by atoms with van der Waals surface area (Å²) in [4.78, 5) is 0. The van der Waals surface area contributed by atoms with Gasteiger partial charge in [0.1, 0.15) is 0 Å². The van der Waals surface area contributed by atoms with Gasteiger partial charge >= 0.3 is 0 Å². The molecule has 31 heavy (non-hydrogen) atoms. The van der Waals surface area contributed by atoms with E-state index in [9.17, 15) is 0 Å². The normalized spacial score (nSPS) is 22.3. The van der Waals surface area contributed by atoms with Crippen LogP contribution in [0, 0.1) is 103 Å². The monoisotopic (exact) mass is 653 g/mol. The summed E-state index contributed by atoms with van der Waals surface area (Å²) in [6, 6.07) is 0. The van der Waals surface area contributed by atoms with Crippen molar-refractivity contribution in [2.75, 3.05) is 0 Å². The maximum absolute atomic E-state index is 8.52. The molecule has 1 N–H and O–H groups in total. The van der Waals surface area contributed by atoms with Gasteiger partial charge in [-0.15, -0.1) is 0 Å². The first kappa shape index (κ1) is 36.6. The smallest absolute Gasteiger partial charge is 0.0563 e. The molecule has 2 aliphatic carbocycles. The molecule has 2 heteroatoms. The molecule has 0 unspecified atom stereocenters. The van der Waals surface area contributed by atoms with Crippen LogP contribution in [0.3, 0.4) is 0 Å². The van der Waals surface area contributed by atoms with E-state index >= 15 is 0 Å². The van der Waals surface area contributed by atoms with Crippen molar-refractivity contribution in [2.24, 2.45) is 5.41 Å². The number of hydrogen-bond acceptors (Lipinski definition) is 1. The molecule has 0 aromatic heterocycles. The molecule has 178 valence electrons. The zero-order valence-electron chi connectivity index (χ0n) is 23.7. The molecule has 2 fully saturated rings. The summed E-state index contributed by atoms with van der Waals surface area (Å²) in [5.41, 5.74) is -0.250. The van der Waals surface area contributed by atoms with Crippen molar-refractivity contribution in [1.29, 1.82) is 0 Å². The first-order valence-electron chi connectivity index (χ1n) is 11.1. The minimum absolute atomic E-state index is 0. The van der Waals surface area contributed by atoms with Gasteiger partial charge in [0, 0.05) is 31.1 Å². The molecule has 1 nitrogen and oxygen atoms in total. The van der Waals surface area contributed by atoms with E-state index in [-0.39, 0.29) is 36.5 Å². The summed E-state index contributed by atoms with van der Waals surface area (Å²) >= 11 is 0. The molecule has 10 radical (unpaired) electrons. The van der Waals surface area contributed by atoms with Gasteiger partial charge in [0.2, 0.25) is 0 Å². The van der Waals surface area contributed by atoms with Gasteiger partial charge < -0.3 is 12.0 Å². The van der Waals surface area contributed by atoms with E-state index in [0.717, 1.165) is 0 Å². The first-order chi connectivity index (χ1) is 13.1. The van der Waals surface area contributed by atoms with Crippen LogP contribution in [0.4, 0.5) is 0 Å². The van der Waals surface area contributed by atoms with E-state index in [1.165, 1.54) is 59.2 Å². The quantitative estimate of drug-likeness (QED) is 0.260. The third-order valence-electron chi connectivity index (χ3n) is 5.62. The Morgan fingerprint density at radius 3 is 0.484 bits per heavy atom. The van der Waals surface area contributed by atoms with Crippen LogP contribution in [-0.2, 0) is 0 Å². The molecule has 0 aliphatic heterocycles. The van der Waals surface area contributed by atoms with Crippen LogP contribution >= 0.6 is 0 Å². The molecule has 0 aromatic carbocycles. The van der Waals surface area contributed by atoms with Gasteiger partial charge in [-0.05, 0) is 80.0 Å². The SMILES string of the molecule is CC(C)(C)O.C[C]1[C](C)[C](C)[C](C)[C]1C.C[C]1[C](C)[C](C)[C](C)[C]1C.[CH2-]C(C)(C)C.[U]. The maximum Gasteiger partial charge on any atom is 0.0563 e. The second-order valence-electron chi connectivity index (χ2n) is 11.0. The Morgan fingerprint density at radius 1 is 0.419 bits per heavy atom. The molecule has 0 aromatic rings. The standard InChI is InChI=1S/2C10H15.C5H11.C4H10O.U/c2*1-6-7(2)9(4)10(5)8(6)3;1-5(2,3)4;1-4(2,3)5;/h2*1-5H3;1H2,2-4H3;5H,1-3H3;/q;;-1;;. The summed E-state index contributed by atoms with van der Waals surface area (Å²) in [5, 5.41) is 8.52. The fraction of sp³-hybridized carbons (Fsp3) is 0.621. The Hall–Kier alpha value is 1.01. The third-order valence-corrected chi connectivity index (χ3v) is 5.62. The van der Waals surface area contributed by atoms with Crippen LogP contribution in [0.1, 0.15) is 111 Å². The van der Waals surface area contributed by atoms with E-state index in [0.29, 0.717) is 0 Å². The Labute approximate surface area is 223 Å². The van der Waals surface area contributed by atoms with E-state index in [1.54, 1.807) is 20.8 Å². The largest absolute Gasteiger partial charge is 0.391 e. The van der Waals surface area contributed by atoms with Gasteiger partial charge in [0.05, 0.1) is 5.60 Å². The van der Waals surface area contributed by atoms with Crippen molar-refractivity contribution in [3.8, 4) is 0 Å². The van der Waals surface area contributed by atoms with Crippen molar-refractivity contribution in [2.45, 2.75) is 116 Å². The molecule has 2 aliphatic rings. The number of hydrogen-bond donors (Lipinski definition) is 1. The predicted molar refractivity (Wildman–Crippen MR) is 136 cm³/mol. The minimum Gasteiger partial charge on any atom is -0.391 e. The molecule has 0 amide bonds. The van der Waals surface area contributed by atoms with E-state index in [4.69, 9.17) is 5.11 Å². The fourth-order valence-electron chi connectivity index (χ4n) is 2.81. The Morgan fingerprint density at radius 2 is 0.452 bits per heavy atom. The second-order valence-corrected chi connectivity index (χ2v) is 11.0. The van der Waals surface area contributed by atoms with Crippen molar-refractivity contribution >= 4 is 0 Å². The van der Waals surface area contributed by atoms with Crippen molar-refractivity contribution in [1.82, 2.24) is 0 Å². The van der Waals surface area contributed by atoms with Crippen LogP contribution in [0.15, 0.2) is 0 Å². The number of rotatable bonds is 0. The molecular formula is C29H51OU-. The zero-order valence-corrected chi connectivity index (χ0v) is 27.8. The number of aliphatic hydroxyl groups is 1. The van der Waals surface area contributed by atoms with E-state index < -0.39 is 5.60 Å². The van der Waals surface area contributed by atoms with Gasteiger partial charge in [0.15, 0.2) is 0 Å². The van der Waals surface area contributed by atoms with Gasteiger partial charge in [0.25, 0.3) is 0 Å². The summed E-state index contributed by atoms with van der Waals surface area (Å²) < 4.78 is 0. The maximum atomic E-state index is 8.52. The summed E-state index contributed by atoms with van der Waals surface area (Å²) in [7, 11) is 0. The van der Waals surface area contributed by atoms with Crippen LogP contribution in [0.2, 0.25) is 0 Å². The van der Waals surface area contributed by atoms with E-state index in [1.807, 2.05) is 0 Å². The van der Waals surface area contributed by atoms with Crippen LogP contribution < -0.4 is 0 Å². The molecule has 0 spiro atoms. The van der Waals surface area contributed by atoms with Gasteiger partial charge in [-0.25, -0.2) is 0 Å². The van der Waals surface area contributed by atoms with Crippen molar-refractivity contribution in [3.63, 3.8) is 0 Å². The molecular weight excluding hydrogens is 602 g/mol. The molecule has 0 atom stereocenters. The fourth-order valence-corrected chi connectivity index (χ4v) is 2.81. The summed E-state index contributed by atoms with van der Waals surface area (Å²) in [6.45, 7) is 37.2. The summed E-state index contributed by atoms with van der Waals surface area (Å²) in [5.74, 6) is 14.7. The Bertz CT molecular complexity index is 303. The van der Waals surface area contributed by atoms with Gasteiger partial charge in [-0.1, -0.05) is 90.0 Å². The third kappa shape index (κ3) is 15.5. The molecule has 0 saturated heterocycles. The van der Waals surface area contributed by atoms with Crippen LogP contribution in [-0.4, -0.2) is 10.7 Å². The van der Waals surface area contributed by atoms with Gasteiger partial charge in [-0.2, -0.15) is 5.41 Å². The van der Waals surface area contributed by atoms with Gasteiger partial charge in [-0.3, -0.25) is 0 Å². The van der Waals surface area contributed by atoms with Crippen molar-refractivity contribution < 1.29 is 36.2 Å².